The Morgan fingerprint density at radius 2 is 1.31 bits per heavy atom. The molecule has 0 saturated carbocycles. The van der Waals surface area contributed by atoms with E-state index in [2.05, 4.69) is 22.7 Å². The number of aromatic hydroxyl groups is 1. The number of phenols is 1. The maximum absolute atomic E-state index is 12.8. The van der Waals surface area contributed by atoms with Crippen LogP contribution in [0.2, 0.25) is 0 Å². The first-order valence-corrected chi connectivity index (χ1v) is 10.8. The molecule has 0 heterocycles. The van der Waals surface area contributed by atoms with Crippen LogP contribution in [-0.4, -0.2) is 17.2 Å². The molecular formula is C28H32N2O2. The Bertz CT molecular complexity index is 1080. The number of nitrogens with one attached hydrogen (secondary N) is 1. The van der Waals surface area contributed by atoms with Gasteiger partial charge < -0.3 is 5.11 Å². The Labute approximate surface area is 191 Å². The van der Waals surface area contributed by atoms with Crippen LogP contribution in [0.1, 0.15) is 68.6 Å². The van der Waals surface area contributed by atoms with Gasteiger partial charge in [-0.3, -0.25) is 4.79 Å². The second-order valence-corrected chi connectivity index (χ2v) is 10.1. The molecule has 3 rings (SSSR count). The SMILES string of the molecule is CC(C)(C)c1cc(C(=O)NN=Cc2ccc(-c3ccccc3)cc2)cc(C(C)(C)C)c1O. The molecule has 1 amide bonds. The van der Waals surface area contributed by atoms with Gasteiger partial charge in [0, 0.05) is 16.7 Å². The van der Waals surface area contributed by atoms with Gasteiger partial charge in [-0.15, -0.1) is 0 Å². The second kappa shape index (κ2) is 8.99. The summed E-state index contributed by atoms with van der Waals surface area (Å²) in [6.45, 7) is 12.1. The van der Waals surface area contributed by atoms with Gasteiger partial charge in [-0.2, -0.15) is 5.10 Å². The van der Waals surface area contributed by atoms with E-state index in [0.717, 1.165) is 27.8 Å². The minimum Gasteiger partial charge on any atom is -0.507 e. The summed E-state index contributed by atoms with van der Waals surface area (Å²) in [5.41, 5.74) is 7.16. The van der Waals surface area contributed by atoms with Crippen molar-refractivity contribution >= 4 is 12.1 Å². The number of rotatable bonds is 4. The Balaban J connectivity index is 1.79. The standard InChI is InChI=1S/C28H32N2O2/c1-27(2,3)23-16-22(17-24(25(23)31)28(4,5)6)26(32)30-29-18-19-12-14-21(15-13-19)20-10-8-7-9-11-20/h7-18,31H,1-6H3,(H,30,32). The Hall–Kier alpha value is -3.40. The Kier molecular flexibility index (Phi) is 6.54. The topological polar surface area (TPSA) is 61.7 Å². The number of benzene rings is 3. The van der Waals surface area contributed by atoms with Gasteiger partial charge in [-0.1, -0.05) is 96.1 Å². The number of carbonyl (C=O) groups excluding carboxylic acids is 1. The van der Waals surface area contributed by atoms with Crippen LogP contribution in [0, 0.1) is 0 Å². The van der Waals surface area contributed by atoms with E-state index in [4.69, 9.17) is 0 Å². The molecule has 0 aliphatic carbocycles. The van der Waals surface area contributed by atoms with Gasteiger partial charge in [0.1, 0.15) is 5.75 Å². The van der Waals surface area contributed by atoms with Crippen molar-refractivity contribution in [3.63, 3.8) is 0 Å². The van der Waals surface area contributed by atoms with Crippen LogP contribution in [-0.2, 0) is 10.8 Å². The third-order valence-corrected chi connectivity index (χ3v) is 5.39. The van der Waals surface area contributed by atoms with Crippen molar-refractivity contribution in [3.05, 3.63) is 89.0 Å². The first-order chi connectivity index (χ1) is 15.0. The summed E-state index contributed by atoms with van der Waals surface area (Å²) in [6.07, 6.45) is 1.63. The van der Waals surface area contributed by atoms with Crippen LogP contribution in [0.5, 0.6) is 5.75 Å². The number of amides is 1. The molecule has 0 aliphatic rings. The average molecular weight is 429 g/mol. The van der Waals surface area contributed by atoms with E-state index in [-0.39, 0.29) is 22.5 Å². The van der Waals surface area contributed by atoms with Gasteiger partial charge in [0.25, 0.3) is 5.91 Å². The van der Waals surface area contributed by atoms with Crippen molar-refractivity contribution in [2.45, 2.75) is 52.4 Å². The monoisotopic (exact) mass is 428 g/mol. The van der Waals surface area contributed by atoms with Gasteiger partial charge >= 0.3 is 0 Å². The molecule has 0 spiro atoms. The van der Waals surface area contributed by atoms with E-state index in [1.807, 2.05) is 84.0 Å². The van der Waals surface area contributed by atoms with Crippen LogP contribution in [0.4, 0.5) is 0 Å². The lowest BCUT2D eigenvalue weighted by molar-refractivity contribution is 0.0955. The number of nitrogens with zero attached hydrogens (tertiary/aromatic N) is 1. The van der Waals surface area contributed by atoms with Crippen LogP contribution >= 0.6 is 0 Å². The molecule has 3 aromatic rings. The summed E-state index contributed by atoms with van der Waals surface area (Å²) >= 11 is 0. The minimum atomic E-state index is -0.307. The van der Waals surface area contributed by atoms with Crippen molar-refractivity contribution in [3.8, 4) is 16.9 Å². The summed E-state index contributed by atoms with van der Waals surface area (Å²) in [7, 11) is 0. The van der Waals surface area contributed by atoms with Gasteiger partial charge in [0.2, 0.25) is 0 Å². The number of hydrogen-bond acceptors (Lipinski definition) is 3. The molecular weight excluding hydrogens is 396 g/mol. The molecule has 0 aliphatic heterocycles. The normalized spacial score (nSPS) is 12.2. The number of carbonyl (C=O) groups is 1. The quantitative estimate of drug-likeness (QED) is 0.372. The highest BCUT2D eigenvalue weighted by atomic mass is 16.3. The molecule has 32 heavy (non-hydrogen) atoms. The van der Waals surface area contributed by atoms with E-state index in [1.54, 1.807) is 18.3 Å². The van der Waals surface area contributed by atoms with Crippen LogP contribution < -0.4 is 5.43 Å². The van der Waals surface area contributed by atoms with E-state index in [9.17, 15) is 9.90 Å². The zero-order valence-corrected chi connectivity index (χ0v) is 19.7. The first-order valence-electron chi connectivity index (χ1n) is 10.8. The molecule has 0 fully saturated rings. The average Bonchev–Trinajstić information content (AvgIpc) is 2.73. The van der Waals surface area contributed by atoms with E-state index in [0.29, 0.717) is 5.56 Å². The molecule has 4 heteroatoms. The number of hydrogen-bond donors (Lipinski definition) is 2. The highest BCUT2D eigenvalue weighted by molar-refractivity contribution is 5.95. The summed E-state index contributed by atoms with van der Waals surface area (Å²) in [5.74, 6) is -0.0540. The molecule has 166 valence electrons. The van der Waals surface area contributed by atoms with Crippen molar-refractivity contribution in [2.24, 2.45) is 5.10 Å². The smallest absolute Gasteiger partial charge is 0.271 e. The summed E-state index contributed by atoms with van der Waals surface area (Å²) in [5, 5.41) is 15.0. The minimum absolute atomic E-state index is 0.253. The first kappa shape index (κ1) is 23.3. The summed E-state index contributed by atoms with van der Waals surface area (Å²) in [6, 6.07) is 21.7. The lowest BCUT2D eigenvalue weighted by atomic mass is 9.78. The molecule has 2 N–H and O–H groups in total. The van der Waals surface area contributed by atoms with Crippen LogP contribution in [0.25, 0.3) is 11.1 Å². The molecule has 0 aromatic heterocycles. The zero-order valence-electron chi connectivity index (χ0n) is 19.7. The third kappa shape index (κ3) is 5.44. The van der Waals surface area contributed by atoms with Gasteiger partial charge in [0.15, 0.2) is 0 Å². The summed E-state index contributed by atoms with van der Waals surface area (Å²) < 4.78 is 0. The maximum atomic E-state index is 12.8. The van der Waals surface area contributed by atoms with Crippen molar-refractivity contribution in [1.82, 2.24) is 5.43 Å². The fourth-order valence-electron chi connectivity index (χ4n) is 3.53. The van der Waals surface area contributed by atoms with Gasteiger partial charge in [0.05, 0.1) is 6.21 Å². The fourth-order valence-corrected chi connectivity index (χ4v) is 3.53. The van der Waals surface area contributed by atoms with Crippen molar-refractivity contribution in [2.75, 3.05) is 0 Å². The zero-order chi connectivity index (χ0) is 23.5. The molecule has 0 unspecified atom stereocenters. The third-order valence-electron chi connectivity index (χ3n) is 5.39. The fraction of sp³-hybridized carbons (Fsp3) is 0.286. The predicted molar refractivity (Wildman–Crippen MR) is 132 cm³/mol. The van der Waals surface area contributed by atoms with Crippen LogP contribution in [0.3, 0.4) is 0 Å². The summed E-state index contributed by atoms with van der Waals surface area (Å²) in [4.78, 5) is 12.8. The largest absolute Gasteiger partial charge is 0.507 e. The number of phenolic OH excluding ortho intramolecular Hbond substituents is 1. The van der Waals surface area contributed by atoms with Crippen molar-refractivity contribution in [1.29, 1.82) is 0 Å². The highest BCUT2D eigenvalue weighted by Crippen LogP contribution is 2.39. The molecule has 0 saturated heterocycles. The molecule has 0 radical (unpaired) electrons. The maximum Gasteiger partial charge on any atom is 0.271 e. The molecule has 3 aromatic carbocycles. The van der Waals surface area contributed by atoms with E-state index < -0.39 is 0 Å². The van der Waals surface area contributed by atoms with E-state index >= 15 is 0 Å². The van der Waals surface area contributed by atoms with E-state index in [1.165, 1.54) is 0 Å². The van der Waals surface area contributed by atoms with Crippen molar-refractivity contribution < 1.29 is 9.90 Å². The lowest BCUT2D eigenvalue weighted by Gasteiger charge is -2.28. The van der Waals surface area contributed by atoms with Gasteiger partial charge in [-0.05, 0) is 39.7 Å². The second-order valence-electron chi connectivity index (χ2n) is 10.1. The Morgan fingerprint density at radius 3 is 1.81 bits per heavy atom. The lowest BCUT2D eigenvalue weighted by Crippen LogP contribution is -2.22. The van der Waals surface area contributed by atoms with Gasteiger partial charge in [-0.25, -0.2) is 5.43 Å². The molecule has 4 nitrogen and oxygen atoms in total. The number of hydrazone groups is 1. The predicted octanol–water partition coefficient (Wildman–Crippen LogP) is 6.42. The Morgan fingerprint density at radius 1 is 0.812 bits per heavy atom. The molecule has 0 bridgehead atoms. The molecule has 0 atom stereocenters. The van der Waals surface area contributed by atoms with Crippen LogP contribution in [0.15, 0.2) is 71.8 Å². The highest BCUT2D eigenvalue weighted by Gasteiger charge is 2.27.